The van der Waals surface area contributed by atoms with Crippen LogP contribution < -0.4 is 0 Å². The number of aliphatic hydroxyl groups excluding tert-OH is 2. The first-order valence-corrected chi connectivity index (χ1v) is 4.60. The summed E-state index contributed by atoms with van der Waals surface area (Å²) in [4.78, 5) is 16.7. The molecule has 1 amide bonds. The Kier molecular flexibility index (Phi) is 4.72. The third-order valence-electron chi connectivity index (χ3n) is 1.86. The predicted octanol–water partition coefficient (Wildman–Crippen LogP) is -1.91. The lowest BCUT2D eigenvalue weighted by Gasteiger charge is -2.20. The Hall–Kier alpha value is -1.47. The van der Waals surface area contributed by atoms with Gasteiger partial charge in [0.25, 0.3) is 0 Å². The number of hydrogen-bond acceptors (Lipinski definition) is 5. The Labute approximate surface area is 87.0 Å². The molecule has 1 heterocycles. The van der Waals surface area contributed by atoms with Crippen molar-refractivity contribution >= 4 is 5.91 Å². The Morgan fingerprint density at radius 3 is 2.47 bits per heavy atom. The first-order valence-electron chi connectivity index (χ1n) is 4.60. The van der Waals surface area contributed by atoms with E-state index < -0.39 is 0 Å². The van der Waals surface area contributed by atoms with Gasteiger partial charge in [0, 0.05) is 13.1 Å². The number of aliphatic hydroxyl groups is 2. The molecule has 0 aliphatic carbocycles. The lowest BCUT2D eigenvalue weighted by Crippen LogP contribution is -2.38. The van der Waals surface area contributed by atoms with Crippen molar-refractivity contribution in [1.29, 1.82) is 0 Å². The molecule has 0 fully saturated rings. The van der Waals surface area contributed by atoms with E-state index in [1.165, 1.54) is 22.2 Å². The molecule has 7 nitrogen and oxygen atoms in total. The number of hydrogen-bond donors (Lipinski definition) is 2. The first kappa shape index (κ1) is 11.6. The van der Waals surface area contributed by atoms with E-state index in [0.29, 0.717) is 0 Å². The smallest absolute Gasteiger partial charge is 0.244 e. The van der Waals surface area contributed by atoms with Gasteiger partial charge in [-0.15, -0.1) is 0 Å². The Morgan fingerprint density at radius 1 is 1.33 bits per heavy atom. The summed E-state index contributed by atoms with van der Waals surface area (Å²) >= 11 is 0. The lowest BCUT2D eigenvalue weighted by atomic mass is 10.4. The summed E-state index contributed by atoms with van der Waals surface area (Å²) in [7, 11) is 0. The van der Waals surface area contributed by atoms with E-state index in [1.807, 2.05) is 0 Å². The van der Waals surface area contributed by atoms with Gasteiger partial charge in [-0.25, -0.2) is 9.67 Å². The molecule has 0 atom stereocenters. The zero-order valence-electron chi connectivity index (χ0n) is 8.28. The molecule has 1 aromatic rings. The second-order valence-corrected chi connectivity index (χ2v) is 2.92. The van der Waals surface area contributed by atoms with Gasteiger partial charge in [-0.1, -0.05) is 0 Å². The van der Waals surface area contributed by atoms with Gasteiger partial charge in [-0.05, 0) is 0 Å². The van der Waals surface area contributed by atoms with Gasteiger partial charge in [0.15, 0.2) is 0 Å². The van der Waals surface area contributed by atoms with E-state index in [4.69, 9.17) is 10.2 Å². The molecule has 0 unspecified atom stereocenters. The maximum Gasteiger partial charge on any atom is 0.244 e. The van der Waals surface area contributed by atoms with Gasteiger partial charge in [0.1, 0.15) is 19.2 Å². The van der Waals surface area contributed by atoms with Gasteiger partial charge < -0.3 is 15.1 Å². The number of aromatic nitrogens is 3. The second kappa shape index (κ2) is 6.10. The van der Waals surface area contributed by atoms with Crippen molar-refractivity contribution in [2.75, 3.05) is 26.3 Å². The topological polar surface area (TPSA) is 91.5 Å². The summed E-state index contributed by atoms with van der Waals surface area (Å²) in [5.74, 6) is -0.205. The van der Waals surface area contributed by atoms with Crippen molar-refractivity contribution in [3.8, 4) is 0 Å². The van der Waals surface area contributed by atoms with Gasteiger partial charge >= 0.3 is 0 Å². The van der Waals surface area contributed by atoms with E-state index >= 15 is 0 Å². The van der Waals surface area contributed by atoms with Crippen LogP contribution in [-0.4, -0.2) is 62.1 Å². The molecule has 0 spiro atoms. The Morgan fingerprint density at radius 2 is 2.00 bits per heavy atom. The second-order valence-electron chi connectivity index (χ2n) is 2.92. The molecule has 0 aliphatic heterocycles. The van der Waals surface area contributed by atoms with Crippen LogP contribution in [0.3, 0.4) is 0 Å². The van der Waals surface area contributed by atoms with Crippen LogP contribution in [0.15, 0.2) is 12.7 Å². The van der Waals surface area contributed by atoms with Crippen LogP contribution in [0.25, 0.3) is 0 Å². The van der Waals surface area contributed by atoms with Crippen LogP contribution in [0.4, 0.5) is 0 Å². The van der Waals surface area contributed by atoms with Gasteiger partial charge in [-0.3, -0.25) is 4.79 Å². The number of amides is 1. The van der Waals surface area contributed by atoms with Crippen molar-refractivity contribution in [2.24, 2.45) is 0 Å². The molecule has 0 bridgehead atoms. The number of carbonyl (C=O) groups is 1. The minimum Gasteiger partial charge on any atom is -0.395 e. The third kappa shape index (κ3) is 3.64. The fraction of sp³-hybridized carbons (Fsp3) is 0.625. The van der Waals surface area contributed by atoms with Crippen LogP contribution in [0.5, 0.6) is 0 Å². The van der Waals surface area contributed by atoms with Crippen molar-refractivity contribution < 1.29 is 15.0 Å². The zero-order valence-corrected chi connectivity index (χ0v) is 8.28. The standard InChI is InChI=1S/C8H14N4O3/c13-3-1-11(2-4-14)8(15)5-12-7-9-6-10-12/h6-7,13-14H,1-5H2. The highest BCUT2D eigenvalue weighted by Crippen LogP contribution is 1.92. The summed E-state index contributed by atoms with van der Waals surface area (Å²) in [5.41, 5.74) is 0. The molecular formula is C8H14N4O3. The molecule has 0 saturated carbocycles. The highest BCUT2D eigenvalue weighted by molar-refractivity contribution is 5.75. The van der Waals surface area contributed by atoms with Crippen molar-refractivity contribution in [3.63, 3.8) is 0 Å². The largest absolute Gasteiger partial charge is 0.395 e. The van der Waals surface area contributed by atoms with E-state index in [-0.39, 0.29) is 38.8 Å². The average molecular weight is 214 g/mol. The number of nitrogens with zero attached hydrogens (tertiary/aromatic N) is 4. The SMILES string of the molecule is O=C(Cn1cncn1)N(CCO)CCO. The molecule has 1 aromatic heterocycles. The average Bonchev–Trinajstić information content (AvgIpc) is 2.70. The molecule has 0 saturated heterocycles. The molecule has 15 heavy (non-hydrogen) atoms. The van der Waals surface area contributed by atoms with Crippen LogP contribution >= 0.6 is 0 Å². The monoisotopic (exact) mass is 214 g/mol. The maximum atomic E-state index is 11.6. The van der Waals surface area contributed by atoms with E-state index in [0.717, 1.165) is 0 Å². The van der Waals surface area contributed by atoms with Crippen LogP contribution in [-0.2, 0) is 11.3 Å². The zero-order chi connectivity index (χ0) is 11.1. The predicted molar refractivity (Wildman–Crippen MR) is 50.8 cm³/mol. The van der Waals surface area contributed by atoms with Gasteiger partial charge in [-0.2, -0.15) is 5.10 Å². The number of carbonyl (C=O) groups excluding carboxylic acids is 1. The third-order valence-corrected chi connectivity index (χ3v) is 1.86. The van der Waals surface area contributed by atoms with Gasteiger partial charge in [0.05, 0.1) is 13.2 Å². The fourth-order valence-corrected chi connectivity index (χ4v) is 1.16. The van der Waals surface area contributed by atoms with E-state index in [2.05, 4.69) is 10.1 Å². The van der Waals surface area contributed by atoms with Crippen LogP contribution in [0, 0.1) is 0 Å². The normalized spacial score (nSPS) is 10.3. The molecule has 2 N–H and O–H groups in total. The molecular weight excluding hydrogens is 200 g/mol. The molecule has 7 heteroatoms. The Bertz CT molecular complexity index is 282. The highest BCUT2D eigenvalue weighted by atomic mass is 16.3. The Balaban J connectivity index is 2.48. The van der Waals surface area contributed by atoms with Crippen molar-refractivity contribution in [3.05, 3.63) is 12.7 Å². The fourth-order valence-electron chi connectivity index (χ4n) is 1.16. The summed E-state index contributed by atoms with van der Waals surface area (Å²) < 4.78 is 1.39. The van der Waals surface area contributed by atoms with Crippen molar-refractivity contribution in [1.82, 2.24) is 19.7 Å². The van der Waals surface area contributed by atoms with Crippen LogP contribution in [0.1, 0.15) is 0 Å². The number of rotatable bonds is 6. The minimum atomic E-state index is -0.205. The van der Waals surface area contributed by atoms with Crippen LogP contribution in [0.2, 0.25) is 0 Å². The van der Waals surface area contributed by atoms with E-state index in [9.17, 15) is 4.79 Å². The molecule has 0 aliphatic rings. The molecule has 84 valence electrons. The van der Waals surface area contributed by atoms with Crippen molar-refractivity contribution in [2.45, 2.75) is 6.54 Å². The summed E-state index contributed by atoms with van der Waals surface area (Å²) in [5, 5.41) is 21.2. The summed E-state index contributed by atoms with van der Waals surface area (Å²) in [6.45, 7) is 0.258. The minimum absolute atomic E-state index is 0.0694. The maximum absolute atomic E-state index is 11.6. The molecule has 0 aromatic carbocycles. The quantitative estimate of drug-likeness (QED) is 0.576. The summed E-state index contributed by atoms with van der Waals surface area (Å²) in [6.07, 6.45) is 2.78. The van der Waals surface area contributed by atoms with E-state index in [1.54, 1.807) is 0 Å². The highest BCUT2D eigenvalue weighted by Gasteiger charge is 2.12. The van der Waals surface area contributed by atoms with Gasteiger partial charge in [0.2, 0.25) is 5.91 Å². The first-order chi connectivity index (χ1) is 7.27. The summed E-state index contributed by atoms with van der Waals surface area (Å²) in [6, 6.07) is 0. The lowest BCUT2D eigenvalue weighted by molar-refractivity contribution is -0.133. The molecule has 0 radical (unpaired) electrons. The molecule has 1 rings (SSSR count).